The highest BCUT2D eigenvalue weighted by atomic mass is 79.9. The highest BCUT2D eigenvalue weighted by Crippen LogP contribution is 2.21. The van der Waals surface area contributed by atoms with Gasteiger partial charge in [0.25, 0.3) is 0 Å². The third kappa shape index (κ3) is 3.07. The molecule has 0 unspecified atom stereocenters. The molecule has 0 radical (unpaired) electrons. The molecule has 0 fully saturated rings. The van der Waals surface area contributed by atoms with Crippen LogP contribution in [0.2, 0.25) is 0 Å². The van der Waals surface area contributed by atoms with E-state index in [-0.39, 0.29) is 12.2 Å². The number of hydrogen-bond acceptors (Lipinski definition) is 3. The Morgan fingerprint density at radius 3 is 2.88 bits per heavy atom. The quantitative estimate of drug-likeness (QED) is 0.616. The smallest absolute Gasteiger partial charge is 0.163 e. The molecule has 0 aliphatic carbocycles. The van der Waals surface area contributed by atoms with Gasteiger partial charge in [-0.25, -0.2) is 0 Å². The van der Waals surface area contributed by atoms with Crippen LogP contribution in [0.15, 0.2) is 18.2 Å². The molecule has 0 aromatic heterocycles. The predicted molar refractivity (Wildman–Crippen MR) is 65.1 cm³/mol. The molecule has 1 aromatic carbocycles. The number of carbonyl (C=O) groups is 1. The monoisotopic (exact) mass is 281 g/mol. The number of nitrogens with zero attached hydrogens (tertiary/aromatic N) is 1. The summed E-state index contributed by atoms with van der Waals surface area (Å²) in [6, 6.07) is 7.26. The maximum Gasteiger partial charge on any atom is 0.163 e. The van der Waals surface area contributed by atoms with E-state index in [1.807, 2.05) is 0 Å². The molecular weight excluding hydrogens is 270 g/mol. The zero-order chi connectivity index (χ0) is 12.0. The number of carbonyl (C=O) groups excluding carboxylic acids is 1. The lowest BCUT2D eigenvalue weighted by molar-refractivity contribution is 0.0989. The molecule has 0 bridgehead atoms. The van der Waals surface area contributed by atoms with E-state index in [0.29, 0.717) is 23.1 Å². The van der Waals surface area contributed by atoms with Crippen LogP contribution in [-0.2, 0) is 6.42 Å². The van der Waals surface area contributed by atoms with E-state index in [9.17, 15) is 4.79 Å². The van der Waals surface area contributed by atoms with Crippen LogP contribution < -0.4 is 4.74 Å². The van der Waals surface area contributed by atoms with Gasteiger partial charge in [0.2, 0.25) is 0 Å². The Morgan fingerprint density at radius 1 is 1.56 bits per heavy atom. The lowest BCUT2D eigenvalue weighted by atomic mass is 10.0. The molecule has 0 atom stereocenters. The summed E-state index contributed by atoms with van der Waals surface area (Å²) in [5.41, 5.74) is 1.43. The van der Waals surface area contributed by atoms with E-state index in [4.69, 9.17) is 10.00 Å². The number of ether oxygens (including phenoxy) is 1. The molecule has 0 N–H and O–H groups in total. The van der Waals surface area contributed by atoms with Crippen LogP contribution in [0.25, 0.3) is 0 Å². The molecule has 4 heteroatoms. The fourth-order valence-electron chi connectivity index (χ4n) is 1.38. The molecule has 0 aliphatic heterocycles. The Kier molecular flexibility index (Phi) is 5.00. The normalized spacial score (nSPS) is 9.56. The Morgan fingerprint density at radius 2 is 2.31 bits per heavy atom. The van der Waals surface area contributed by atoms with Crippen molar-refractivity contribution in [1.29, 1.82) is 5.26 Å². The van der Waals surface area contributed by atoms with E-state index in [1.54, 1.807) is 18.2 Å². The van der Waals surface area contributed by atoms with E-state index >= 15 is 0 Å². The van der Waals surface area contributed by atoms with Gasteiger partial charge in [0.15, 0.2) is 5.78 Å². The van der Waals surface area contributed by atoms with Crippen molar-refractivity contribution >= 4 is 21.7 Å². The summed E-state index contributed by atoms with van der Waals surface area (Å²) in [6.45, 7) is 0. The van der Waals surface area contributed by atoms with Crippen molar-refractivity contribution in [3.05, 3.63) is 29.3 Å². The summed E-state index contributed by atoms with van der Waals surface area (Å²) >= 11 is 3.23. The van der Waals surface area contributed by atoms with E-state index in [2.05, 4.69) is 22.0 Å². The lowest BCUT2D eigenvalue weighted by Gasteiger charge is -2.07. The maximum atomic E-state index is 11.6. The summed E-state index contributed by atoms with van der Waals surface area (Å²) in [5, 5.41) is 9.27. The van der Waals surface area contributed by atoms with Crippen LogP contribution in [0, 0.1) is 11.3 Å². The number of Topliss-reactive ketones (excluding diaryl/α,β-unsaturated/α-hetero) is 1. The Bertz CT molecular complexity index is 424. The van der Waals surface area contributed by atoms with Crippen molar-refractivity contribution in [1.82, 2.24) is 0 Å². The fourth-order valence-corrected chi connectivity index (χ4v) is 1.74. The Balaban J connectivity index is 3.00. The van der Waals surface area contributed by atoms with Gasteiger partial charge in [0, 0.05) is 22.9 Å². The standard InChI is InChI=1S/C12H12BrNO2/c1-16-12-8-10(11(15)4-6-13)3-2-9(12)5-7-14/h2-3,8H,4-6H2,1H3. The van der Waals surface area contributed by atoms with E-state index in [1.165, 1.54) is 7.11 Å². The second-order valence-electron chi connectivity index (χ2n) is 3.22. The number of methoxy groups -OCH3 is 1. The third-order valence-electron chi connectivity index (χ3n) is 2.20. The topological polar surface area (TPSA) is 50.1 Å². The number of benzene rings is 1. The molecular formula is C12H12BrNO2. The fraction of sp³-hybridized carbons (Fsp3) is 0.333. The van der Waals surface area contributed by atoms with Crippen molar-refractivity contribution in [2.75, 3.05) is 12.4 Å². The van der Waals surface area contributed by atoms with E-state index < -0.39 is 0 Å². The first-order valence-electron chi connectivity index (χ1n) is 4.86. The first-order chi connectivity index (χ1) is 7.72. The number of rotatable bonds is 5. The molecule has 0 saturated carbocycles. The number of ketones is 1. The summed E-state index contributed by atoms with van der Waals surface area (Å²) in [6.07, 6.45) is 0.747. The first kappa shape index (κ1) is 12.7. The van der Waals surface area contributed by atoms with Crippen LogP contribution in [0.4, 0.5) is 0 Å². The molecule has 0 aliphatic rings. The summed E-state index contributed by atoms with van der Waals surface area (Å²) in [5.74, 6) is 0.667. The molecule has 0 saturated heterocycles. The van der Waals surface area contributed by atoms with Gasteiger partial charge in [0.1, 0.15) is 5.75 Å². The van der Waals surface area contributed by atoms with Gasteiger partial charge in [-0.3, -0.25) is 4.79 Å². The SMILES string of the molecule is COc1cc(C(=O)CCBr)ccc1CC#N. The Hall–Kier alpha value is -1.34. The maximum absolute atomic E-state index is 11.6. The molecule has 0 heterocycles. The average molecular weight is 282 g/mol. The van der Waals surface area contributed by atoms with Crippen molar-refractivity contribution in [2.24, 2.45) is 0 Å². The minimum atomic E-state index is 0.0682. The van der Waals surface area contributed by atoms with Crippen LogP contribution in [0.5, 0.6) is 5.75 Å². The number of hydrogen-bond donors (Lipinski definition) is 0. The van der Waals surface area contributed by atoms with E-state index in [0.717, 1.165) is 5.56 Å². The molecule has 0 spiro atoms. The van der Waals surface area contributed by atoms with Gasteiger partial charge in [-0.2, -0.15) is 5.26 Å². The molecule has 1 aromatic rings. The molecule has 84 valence electrons. The minimum Gasteiger partial charge on any atom is -0.496 e. The van der Waals surface area contributed by atoms with Gasteiger partial charge in [0.05, 0.1) is 19.6 Å². The van der Waals surface area contributed by atoms with Crippen molar-refractivity contribution in [3.8, 4) is 11.8 Å². The molecule has 16 heavy (non-hydrogen) atoms. The zero-order valence-corrected chi connectivity index (χ0v) is 10.6. The van der Waals surface area contributed by atoms with Gasteiger partial charge < -0.3 is 4.74 Å². The average Bonchev–Trinajstić information content (AvgIpc) is 2.30. The van der Waals surface area contributed by atoms with Gasteiger partial charge in [-0.05, 0) is 6.07 Å². The third-order valence-corrected chi connectivity index (χ3v) is 2.60. The highest BCUT2D eigenvalue weighted by molar-refractivity contribution is 9.09. The first-order valence-corrected chi connectivity index (χ1v) is 5.98. The summed E-state index contributed by atoms with van der Waals surface area (Å²) < 4.78 is 5.15. The largest absolute Gasteiger partial charge is 0.496 e. The molecule has 0 amide bonds. The number of halogens is 1. The molecule has 3 nitrogen and oxygen atoms in total. The van der Waals surface area contributed by atoms with Crippen LogP contribution in [0.1, 0.15) is 22.3 Å². The molecule has 1 rings (SSSR count). The number of alkyl halides is 1. The van der Waals surface area contributed by atoms with Crippen molar-refractivity contribution < 1.29 is 9.53 Å². The van der Waals surface area contributed by atoms with Crippen molar-refractivity contribution in [3.63, 3.8) is 0 Å². The Labute approximate surface area is 103 Å². The van der Waals surface area contributed by atoms with Gasteiger partial charge in [-0.1, -0.05) is 28.1 Å². The zero-order valence-electron chi connectivity index (χ0n) is 9.00. The van der Waals surface area contributed by atoms with Crippen molar-refractivity contribution in [2.45, 2.75) is 12.8 Å². The predicted octanol–water partition coefficient (Wildman–Crippen LogP) is 2.73. The second-order valence-corrected chi connectivity index (χ2v) is 4.02. The van der Waals surface area contributed by atoms with Crippen LogP contribution in [0.3, 0.4) is 0 Å². The summed E-state index contributed by atoms with van der Waals surface area (Å²) in [7, 11) is 1.54. The summed E-state index contributed by atoms with van der Waals surface area (Å²) in [4.78, 5) is 11.6. The van der Waals surface area contributed by atoms with Crippen LogP contribution in [-0.4, -0.2) is 18.2 Å². The lowest BCUT2D eigenvalue weighted by Crippen LogP contribution is -2.01. The van der Waals surface area contributed by atoms with Crippen LogP contribution >= 0.6 is 15.9 Å². The highest BCUT2D eigenvalue weighted by Gasteiger charge is 2.09. The number of nitriles is 1. The second kappa shape index (κ2) is 6.29. The van der Waals surface area contributed by atoms with Gasteiger partial charge in [-0.15, -0.1) is 0 Å². The minimum absolute atomic E-state index is 0.0682. The van der Waals surface area contributed by atoms with Gasteiger partial charge >= 0.3 is 0 Å².